The first-order chi connectivity index (χ1) is 14.8. The summed E-state index contributed by atoms with van der Waals surface area (Å²) >= 11 is 0. The molecule has 0 aliphatic heterocycles. The number of carbonyl (C=O) groups is 1. The van der Waals surface area contributed by atoms with E-state index in [9.17, 15) is 9.00 Å². The van der Waals surface area contributed by atoms with Crippen molar-refractivity contribution in [3.63, 3.8) is 0 Å². The van der Waals surface area contributed by atoms with Crippen molar-refractivity contribution in [3.05, 3.63) is 90.0 Å². The molecule has 160 valence electrons. The Morgan fingerprint density at radius 1 is 1.10 bits per heavy atom. The van der Waals surface area contributed by atoms with Crippen molar-refractivity contribution in [2.45, 2.75) is 11.8 Å². The molecule has 0 saturated carbocycles. The van der Waals surface area contributed by atoms with E-state index in [-0.39, 0.29) is 0 Å². The summed E-state index contributed by atoms with van der Waals surface area (Å²) in [5.74, 6) is 6.16. The Labute approximate surface area is 184 Å². The zero-order valence-electron chi connectivity index (χ0n) is 18.0. The van der Waals surface area contributed by atoms with Crippen molar-refractivity contribution in [3.8, 4) is 17.6 Å². The molecule has 1 atom stereocenters. The molecule has 0 bridgehead atoms. The normalized spacial score (nSPS) is 13.3. The number of carbonyl (C=O) groups excluding carboxylic acids is 1. The van der Waals surface area contributed by atoms with Gasteiger partial charge in [-0.3, -0.25) is 0 Å². The van der Waals surface area contributed by atoms with Gasteiger partial charge in [0.2, 0.25) is 0 Å². The van der Waals surface area contributed by atoms with Crippen LogP contribution in [0.25, 0.3) is 0 Å². The number of benzene rings is 2. The summed E-state index contributed by atoms with van der Waals surface area (Å²) in [5.41, 5.74) is 2.19. The Kier molecular flexibility index (Phi) is 8.42. The number of ether oxygens (including phenoxy) is 2. The maximum atomic E-state index is 13.4. The molecule has 0 radical (unpaired) electrons. The van der Waals surface area contributed by atoms with E-state index in [0.29, 0.717) is 33.0 Å². The smallest absolute Gasteiger partial charge is 0.333 e. The highest BCUT2D eigenvalue weighted by Crippen LogP contribution is 2.28. The van der Waals surface area contributed by atoms with Gasteiger partial charge >= 0.3 is 5.97 Å². The van der Waals surface area contributed by atoms with Gasteiger partial charge in [-0.2, -0.15) is 4.36 Å². The maximum Gasteiger partial charge on any atom is 0.333 e. The summed E-state index contributed by atoms with van der Waals surface area (Å²) in [6.07, 6.45) is 6.47. The Balaban J connectivity index is 2.48. The molecule has 2 aromatic carbocycles. The lowest BCUT2D eigenvalue weighted by Gasteiger charge is -2.10. The number of esters is 1. The van der Waals surface area contributed by atoms with Gasteiger partial charge in [-0.1, -0.05) is 54.8 Å². The van der Waals surface area contributed by atoms with Crippen LogP contribution in [0.2, 0.25) is 0 Å². The van der Waals surface area contributed by atoms with E-state index >= 15 is 0 Å². The second-order valence-electron chi connectivity index (χ2n) is 6.48. The molecular weight excluding hydrogens is 410 g/mol. The SMILES string of the molecule is C=C/C(C#Cc1ccccc1N=S(C)(=O)c1ccccc1OC)=C\C=C(/C)C(=O)OC. The van der Waals surface area contributed by atoms with E-state index in [1.165, 1.54) is 14.2 Å². The molecule has 0 spiro atoms. The molecule has 2 aromatic rings. The summed E-state index contributed by atoms with van der Waals surface area (Å²) in [5, 5.41) is 0. The third kappa shape index (κ3) is 6.46. The number of hydrogen-bond acceptors (Lipinski definition) is 5. The molecule has 5 nitrogen and oxygen atoms in total. The Hall–Kier alpha value is -3.56. The number of methoxy groups -OCH3 is 2. The average molecular weight is 436 g/mol. The predicted octanol–water partition coefficient (Wildman–Crippen LogP) is 5.07. The number of allylic oxidation sites excluding steroid dienone is 4. The fourth-order valence-corrected chi connectivity index (χ4v) is 4.06. The third-order valence-corrected chi connectivity index (χ3v) is 5.93. The highest BCUT2D eigenvalue weighted by molar-refractivity contribution is 7.93. The number of hydrogen-bond donors (Lipinski definition) is 0. The Morgan fingerprint density at radius 3 is 2.45 bits per heavy atom. The van der Waals surface area contributed by atoms with Gasteiger partial charge in [0.05, 0.1) is 40.1 Å². The molecule has 6 heteroatoms. The zero-order valence-corrected chi connectivity index (χ0v) is 18.9. The van der Waals surface area contributed by atoms with Crippen LogP contribution in [0.3, 0.4) is 0 Å². The topological polar surface area (TPSA) is 65.0 Å². The van der Waals surface area contributed by atoms with Crippen LogP contribution in [0.1, 0.15) is 12.5 Å². The first-order valence-corrected chi connectivity index (χ1v) is 11.3. The summed E-state index contributed by atoms with van der Waals surface area (Å²) in [6, 6.07) is 14.3. The highest BCUT2D eigenvalue weighted by Gasteiger charge is 2.13. The monoisotopic (exact) mass is 435 g/mol. The van der Waals surface area contributed by atoms with Crippen LogP contribution < -0.4 is 4.74 Å². The summed E-state index contributed by atoms with van der Waals surface area (Å²) in [4.78, 5) is 12.0. The molecule has 0 aromatic heterocycles. The van der Waals surface area contributed by atoms with Crippen LogP contribution >= 0.6 is 0 Å². The van der Waals surface area contributed by atoms with Gasteiger partial charge < -0.3 is 9.47 Å². The van der Waals surface area contributed by atoms with Crippen molar-refractivity contribution in [2.75, 3.05) is 20.5 Å². The fraction of sp³-hybridized carbons (Fsp3) is 0.160. The lowest BCUT2D eigenvalue weighted by molar-refractivity contribution is -0.136. The first kappa shape index (κ1) is 23.7. The van der Waals surface area contributed by atoms with Crippen LogP contribution in [0, 0.1) is 11.8 Å². The summed E-state index contributed by atoms with van der Waals surface area (Å²) in [6.45, 7) is 5.41. The molecule has 0 N–H and O–H groups in total. The van der Waals surface area contributed by atoms with Crippen LogP contribution in [-0.2, 0) is 19.3 Å². The second-order valence-corrected chi connectivity index (χ2v) is 8.71. The standard InChI is InChI=1S/C25H25NO4S/c1-6-20(16-15-19(2)25(27)30-4)17-18-21-11-7-8-12-22(21)26-31(5,28)24-14-10-9-13-23(24)29-3/h6-16H,1H2,2-5H3/b19-15+,20-16+. The lowest BCUT2D eigenvalue weighted by Crippen LogP contribution is -2.00. The van der Waals surface area contributed by atoms with Crippen molar-refractivity contribution in [1.82, 2.24) is 0 Å². The van der Waals surface area contributed by atoms with Gasteiger partial charge in [-0.15, -0.1) is 0 Å². The van der Waals surface area contributed by atoms with Crippen molar-refractivity contribution >= 4 is 21.4 Å². The van der Waals surface area contributed by atoms with Gasteiger partial charge in [-0.25, -0.2) is 9.00 Å². The minimum atomic E-state index is -2.77. The van der Waals surface area contributed by atoms with Crippen LogP contribution in [0.5, 0.6) is 5.75 Å². The van der Waals surface area contributed by atoms with E-state index in [0.717, 1.165) is 0 Å². The molecule has 31 heavy (non-hydrogen) atoms. The Bertz CT molecular complexity index is 1220. The van der Waals surface area contributed by atoms with E-state index in [1.807, 2.05) is 18.2 Å². The van der Waals surface area contributed by atoms with E-state index in [2.05, 4.69) is 27.5 Å². The van der Waals surface area contributed by atoms with Crippen molar-refractivity contribution < 1.29 is 18.5 Å². The second kappa shape index (κ2) is 11.0. The summed E-state index contributed by atoms with van der Waals surface area (Å²) in [7, 11) is 0.0931. The summed E-state index contributed by atoms with van der Waals surface area (Å²) < 4.78 is 27.9. The number of para-hydroxylation sites is 1. The van der Waals surface area contributed by atoms with Crippen LogP contribution in [0.15, 0.2) is 93.7 Å². The van der Waals surface area contributed by atoms with Gasteiger partial charge in [0.25, 0.3) is 0 Å². The molecule has 0 aliphatic carbocycles. The molecule has 0 aliphatic rings. The minimum absolute atomic E-state index is 0.411. The molecule has 2 rings (SSSR count). The molecule has 1 unspecified atom stereocenters. The van der Waals surface area contributed by atoms with E-state index in [1.54, 1.807) is 61.7 Å². The quantitative estimate of drug-likeness (QED) is 0.275. The molecule has 0 amide bonds. The highest BCUT2D eigenvalue weighted by atomic mass is 32.2. The number of nitrogens with zero attached hydrogens (tertiary/aromatic N) is 1. The van der Waals surface area contributed by atoms with Crippen LogP contribution in [0.4, 0.5) is 5.69 Å². The number of rotatable bonds is 6. The molecule has 0 heterocycles. The molecule has 0 fully saturated rings. The molecular formula is C25H25NO4S. The lowest BCUT2D eigenvalue weighted by atomic mass is 10.1. The maximum absolute atomic E-state index is 13.4. The first-order valence-electron chi connectivity index (χ1n) is 9.38. The van der Waals surface area contributed by atoms with Crippen LogP contribution in [-0.4, -0.2) is 30.7 Å². The largest absolute Gasteiger partial charge is 0.495 e. The fourth-order valence-electron chi connectivity index (χ4n) is 2.57. The zero-order chi connectivity index (χ0) is 22.9. The predicted molar refractivity (Wildman–Crippen MR) is 125 cm³/mol. The van der Waals surface area contributed by atoms with Gasteiger partial charge in [-0.05, 0) is 37.3 Å². The molecule has 0 saturated heterocycles. The third-order valence-electron chi connectivity index (χ3n) is 4.24. The van der Waals surface area contributed by atoms with Gasteiger partial charge in [0.1, 0.15) is 5.75 Å². The van der Waals surface area contributed by atoms with E-state index < -0.39 is 15.7 Å². The van der Waals surface area contributed by atoms with Crippen molar-refractivity contribution in [2.24, 2.45) is 4.36 Å². The van der Waals surface area contributed by atoms with E-state index in [4.69, 9.17) is 4.74 Å². The van der Waals surface area contributed by atoms with Crippen molar-refractivity contribution in [1.29, 1.82) is 0 Å². The minimum Gasteiger partial charge on any atom is -0.495 e. The van der Waals surface area contributed by atoms with Gasteiger partial charge in [0, 0.05) is 17.4 Å². The van der Waals surface area contributed by atoms with Gasteiger partial charge in [0.15, 0.2) is 0 Å². The Morgan fingerprint density at radius 2 is 1.77 bits per heavy atom. The average Bonchev–Trinajstić information content (AvgIpc) is 2.79.